The Labute approximate surface area is 168 Å². The van der Waals surface area contributed by atoms with Gasteiger partial charge in [0, 0.05) is 23.1 Å². The van der Waals surface area contributed by atoms with Gasteiger partial charge in [0.1, 0.15) is 17.2 Å². The lowest BCUT2D eigenvalue weighted by atomic mass is 10.1. The molecule has 0 saturated heterocycles. The molecule has 2 heterocycles. The predicted molar refractivity (Wildman–Crippen MR) is 117 cm³/mol. The van der Waals surface area contributed by atoms with Crippen LogP contribution in [0.25, 0.3) is 16.9 Å². The molecule has 4 aromatic rings. The molecule has 1 N–H and O–H groups in total. The molecule has 0 atom stereocenters. The Kier molecular flexibility index (Phi) is 5.17. The van der Waals surface area contributed by atoms with Crippen LogP contribution in [0, 0.1) is 6.92 Å². The molecule has 0 aliphatic rings. The van der Waals surface area contributed by atoms with Gasteiger partial charge in [-0.25, -0.2) is 4.98 Å². The number of carbonyl (C=O) groups excluding carboxylic acids is 1. The normalized spacial score (nSPS) is 10.9. The lowest BCUT2D eigenvalue weighted by Crippen LogP contribution is -2.14. The van der Waals surface area contributed by atoms with E-state index in [1.54, 1.807) is 11.8 Å². The molecule has 0 aliphatic carbocycles. The highest BCUT2D eigenvalue weighted by Crippen LogP contribution is 2.30. The van der Waals surface area contributed by atoms with Crippen molar-refractivity contribution < 1.29 is 4.79 Å². The maximum Gasteiger partial charge on any atom is 0.256 e. The highest BCUT2D eigenvalue weighted by atomic mass is 32.2. The molecule has 0 unspecified atom stereocenters. The molecular weight excluding hydrogens is 366 g/mol. The standard InChI is InChI=1S/C23H21N3OS/c1-16-7-6-14-26-21(16)24-20(18-8-4-3-5-9-18)22(26)25-23(27)19-12-10-17(11-13-19)15-28-2/h3-14H,15H2,1-2H3,(H,25,27). The minimum Gasteiger partial charge on any atom is -0.306 e. The summed E-state index contributed by atoms with van der Waals surface area (Å²) in [6.07, 6.45) is 4.00. The topological polar surface area (TPSA) is 46.4 Å². The van der Waals surface area contributed by atoms with Crippen molar-refractivity contribution in [3.8, 4) is 11.3 Å². The van der Waals surface area contributed by atoms with Gasteiger partial charge in [-0.15, -0.1) is 0 Å². The molecule has 1 amide bonds. The zero-order valence-corrected chi connectivity index (χ0v) is 16.7. The zero-order chi connectivity index (χ0) is 19.5. The molecule has 0 bridgehead atoms. The van der Waals surface area contributed by atoms with Gasteiger partial charge in [0.2, 0.25) is 0 Å². The van der Waals surface area contributed by atoms with Crippen LogP contribution in [0.15, 0.2) is 72.9 Å². The summed E-state index contributed by atoms with van der Waals surface area (Å²) in [5.41, 5.74) is 5.47. The van der Waals surface area contributed by atoms with Crippen molar-refractivity contribution in [3.63, 3.8) is 0 Å². The molecule has 140 valence electrons. The van der Waals surface area contributed by atoms with E-state index in [4.69, 9.17) is 4.98 Å². The molecule has 0 spiro atoms. The number of hydrogen-bond acceptors (Lipinski definition) is 3. The zero-order valence-electron chi connectivity index (χ0n) is 15.8. The lowest BCUT2D eigenvalue weighted by molar-refractivity contribution is 0.102. The van der Waals surface area contributed by atoms with E-state index in [1.165, 1.54) is 5.56 Å². The van der Waals surface area contributed by atoms with Crippen LogP contribution in [0.5, 0.6) is 0 Å². The Balaban J connectivity index is 1.75. The van der Waals surface area contributed by atoms with Crippen molar-refractivity contribution in [3.05, 3.63) is 89.6 Å². The van der Waals surface area contributed by atoms with E-state index in [9.17, 15) is 4.79 Å². The SMILES string of the molecule is CSCc1ccc(C(=O)Nc2c(-c3ccccc3)nc3c(C)cccn23)cc1. The van der Waals surface area contributed by atoms with E-state index >= 15 is 0 Å². The number of pyridine rings is 1. The van der Waals surface area contributed by atoms with Crippen LogP contribution in [-0.4, -0.2) is 21.5 Å². The van der Waals surface area contributed by atoms with Gasteiger partial charge in [-0.05, 0) is 42.5 Å². The van der Waals surface area contributed by atoms with Crippen molar-refractivity contribution in [2.75, 3.05) is 11.6 Å². The second-order valence-corrected chi connectivity index (χ2v) is 7.51. The summed E-state index contributed by atoms with van der Waals surface area (Å²) in [5, 5.41) is 3.08. The summed E-state index contributed by atoms with van der Waals surface area (Å²) in [5.74, 6) is 1.48. The molecule has 0 radical (unpaired) electrons. The van der Waals surface area contributed by atoms with Gasteiger partial charge < -0.3 is 5.32 Å². The Morgan fingerprint density at radius 1 is 1.04 bits per heavy atom. The largest absolute Gasteiger partial charge is 0.306 e. The number of hydrogen-bond donors (Lipinski definition) is 1. The fraction of sp³-hybridized carbons (Fsp3) is 0.130. The first-order valence-corrected chi connectivity index (χ1v) is 10.5. The fourth-order valence-electron chi connectivity index (χ4n) is 3.22. The Bertz CT molecular complexity index is 1120. The van der Waals surface area contributed by atoms with Crippen molar-refractivity contribution in [2.24, 2.45) is 0 Å². The number of rotatable bonds is 5. The maximum atomic E-state index is 12.9. The Morgan fingerprint density at radius 2 is 1.79 bits per heavy atom. The van der Waals surface area contributed by atoms with E-state index in [-0.39, 0.29) is 5.91 Å². The number of amides is 1. The molecule has 28 heavy (non-hydrogen) atoms. The average Bonchev–Trinajstić information content (AvgIpc) is 3.09. The van der Waals surface area contributed by atoms with Gasteiger partial charge >= 0.3 is 0 Å². The number of imidazole rings is 1. The lowest BCUT2D eigenvalue weighted by Gasteiger charge is -2.09. The molecule has 4 rings (SSSR count). The van der Waals surface area contributed by atoms with E-state index in [0.29, 0.717) is 11.4 Å². The van der Waals surface area contributed by atoms with E-state index < -0.39 is 0 Å². The highest BCUT2D eigenvalue weighted by molar-refractivity contribution is 7.97. The number of aromatic nitrogens is 2. The second-order valence-electron chi connectivity index (χ2n) is 6.64. The monoisotopic (exact) mass is 387 g/mol. The summed E-state index contributed by atoms with van der Waals surface area (Å²) < 4.78 is 1.94. The molecule has 0 fully saturated rings. The molecule has 5 heteroatoms. The van der Waals surface area contributed by atoms with Gasteiger partial charge in [0.15, 0.2) is 0 Å². The molecule has 2 aromatic carbocycles. The van der Waals surface area contributed by atoms with Gasteiger partial charge in [0.05, 0.1) is 0 Å². The van der Waals surface area contributed by atoms with Gasteiger partial charge in [0.25, 0.3) is 5.91 Å². The van der Waals surface area contributed by atoms with E-state index in [2.05, 4.69) is 11.6 Å². The number of benzene rings is 2. The molecule has 0 aliphatic heterocycles. The number of carbonyl (C=O) groups is 1. The molecular formula is C23H21N3OS. The average molecular weight is 388 g/mol. The number of aryl methyl sites for hydroxylation is 1. The van der Waals surface area contributed by atoms with Gasteiger partial charge in [-0.2, -0.15) is 11.8 Å². The maximum absolute atomic E-state index is 12.9. The van der Waals surface area contributed by atoms with E-state index in [1.807, 2.05) is 84.3 Å². The number of anilines is 1. The van der Waals surface area contributed by atoms with Crippen molar-refractivity contribution >= 4 is 29.1 Å². The Hall–Kier alpha value is -3.05. The fourth-order valence-corrected chi connectivity index (χ4v) is 3.75. The third-order valence-corrected chi connectivity index (χ3v) is 5.27. The van der Waals surface area contributed by atoms with Crippen LogP contribution in [0.4, 0.5) is 5.82 Å². The third kappa shape index (κ3) is 3.53. The summed E-state index contributed by atoms with van der Waals surface area (Å²) in [7, 11) is 0. The van der Waals surface area contributed by atoms with Gasteiger partial charge in [-0.1, -0.05) is 48.5 Å². The minimum atomic E-state index is -0.142. The third-order valence-electron chi connectivity index (χ3n) is 4.65. The highest BCUT2D eigenvalue weighted by Gasteiger charge is 2.18. The van der Waals surface area contributed by atoms with Crippen LogP contribution >= 0.6 is 11.8 Å². The van der Waals surface area contributed by atoms with Crippen LogP contribution in [-0.2, 0) is 5.75 Å². The summed E-state index contributed by atoms with van der Waals surface area (Å²) in [4.78, 5) is 17.7. The first-order chi connectivity index (χ1) is 13.7. The number of fused-ring (bicyclic) bond motifs is 1. The van der Waals surface area contributed by atoms with Crippen molar-refractivity contribution in [2.45, 2.75) is 12.7 Å². The van der Waals surface area contributed by atoms with Crippen molar-refractivity contribution in [1.29, 1.82) is 0 Å². The summed E-state index contributed by atoms with van der Waals surface area (Å²) in [6, 6.07) is 21.7. The predicted octanol–water partition coefficient (Wildman–Crippen LogP) is 5.43. The number of thioether (sulfide) groups is 1. The summed E-state index contributed by atoms with van der Waals surface area (Å²) >= 11 is 1.76. The van der Waals surface area contributed by atoms with Crippen LogP contribution in [0.1, 0.15) is 21.5 Å². The summed E-state index contributed by atoms with van der Waals surface area (Å²) in [6.45, 7) is 2.02. The van der Waals surface area contributed by atoms with Crippen LogP contribution < -0.4 is 5.32 Å². The minimum absolute atomic E-state index is 0.142. The molecule has 4 nitrogen and oxygen atoms in total. The Morgan fingerprint density at radius 3 is 2.50 bits per heavy atom. The first-order valence-electron chi connectivity index (χ1n) is 9.09. The number of nitrogens with one attached hydrogen (secondary N) is 1. The quantitative estimate of drug-likeness (QED) is 0.497. The van der Waals surface area contributed by atoms with Crippen molar-refractivity contribution in [1.82, 2.24) is 9.38 Å². The van der Waals surface area contributed by atoms with Crippen LogP contribution in [0.2, 0.25) is 0 Å². The molecule has 2 aromatic heterocycles. The smallest absolute Gasteiger partial charge is 0.256 e. The van der Waals surface area contributed by atoms with Crippen LogP contribution in [0.3, 0.4) is 0 Å². The van der Waals surface area contributed by atoms with Gasteiger partial charge in [-0.3, -0.25) is 9.20 Å². The molecule has 0 saturated carbocycles. The number of nitrogens with zero attached hydrogens (tertiary/aromatic N) is 2. The van der Waals surface area contributed by atoms with E-state index in [0.717, 1.165) is 28.2 Å². The first kappa shape index (κ1) is 18.3. The second kappa shape index (κ2) is 7.90.